The average molecular weight is 366 g/mol. The van der Waals surface area contributed by atoms with Crippen molar-refractivity contribution in [2.45, 2.75) is 45.3 Å². The van der Waals surface area contributed by atoms with Crippen LogP contribution < -0.4 is 10.5 Å². The zero-order valence-electron chi connectivity index (χ0n) is 15.6. The summed E-state index contributed by atoms with van der Waals surface area (Å²) in [5.74, 6) is -0.128. The van der Waals surface area contributed by atoms with E-state index in [0.717, 1.165) is 53.0 Å². The molecule has 0 spiro atoms. The second kappa shape index (κ2) is 8.82. The Hall–Kier alpha value is -2.66. The van der Waals surface area contributed by atoms with E-state index in [9.17, 15) is 4.79 Å². The number of nitrogens with zero attached hydrogens (tertiary/aromatic N) is 1. The smallest absolute Gasteiger partial charge is 0.307 e. The molecule has 1 heterocycles. The highest BCUT2D eigenvalue weighted by Crippen LogP contribution is 2.30. The third-order valence-corrected chi connectivity index (χ3v) is 4.78. The molecule has 142 valence electrons. The Balaban J connectivity index is 2.12. The van der Waals surface area contributed by atoms with Gasteiger partial charge in [0.25, 0.3) is 0 Å². The minimum absolute atomic E-state index is 0.0294. The van der Waals surface area contributed by atoms with Crippen molar-refractivity contribution in [2.75, 3.05) is 6.54 Å². The molecule has 0 radical (unpaired) electrons. The molecule has 0 fully saturated rings. The van der Waals surface area contributed by atoms with Crippen LogP contribution in [0, 0.1) is 0 Å². The van der Waals surface area contributed by atoms with E-state index in [1.807, 2.05) is 36.4 Å². The van der Waals surface area contributed by atoms with Gasteiger partial charge in [-0.05, 0) is 29.7 Å². The molecule has 5 heteroatoms. The maximum atomic E-state index is 11.1. The zero-order valence-corrected chi connectivity index (χ0v) is 15.6. The van der Waals surface area contributed by atoms with E-state index in [1.165, 1.54) is 0 Å². The fourth-order valence-electron chi connectivity index (χ4n) is 3.35. The fourth-order valence-corrected chi connectivity index (χ4v) is 3.35. The first-order valence-corrected chi connectivity index (χ1v) is 9.46. The number of hydrogen-bond donors (Lipinski definition) is 2. The van der Waals surface area contributed by atoms with E-state index in [2.05, 4.69) is 6.92 Å². The highest BCUT2D eigenvalue weighted by Gasteiger charge is 2.22. The van der Waals surface area contributed by atoms with E-state index in [4.69, 9.17) is 20.6 Å². The van der Waals surface area contributed by atoms with Crippen molar-refractivity contribution in [3.8, 4) is 5.75 Å². The van der Waals surface area contributed by atoms with Gasteiger partial charge < -0.3 is 15.6 Å². The molecule has 1 aliphatic rings. The Labute approximate surface area is 159 Å². The third-order valence-electron chi connectivity index (χ3n) is 4.78. The van der Waals surface area contributed by atoms with Gasteiger partial charge in [-0.1, -0.05) is 50.1 Å². The van der Waals surface area contributed by atoms with Gasteiger partial charge in [-0.3, -0.25) is 9.79 Å². The summed E-state index contributed by atoms with van der Waals surface area (Å²) < 4.78 is 6.00. The fraction of sp³-hybridized carbons (Fsp3) is 0.364. The first-order valence-electron chi connectivity index (χ1n) is 9.46. The van der Waals surface area contributed by atoms with Gasteiger partial charge in [0.2, 0.25) is 0 Å². The molecule has 0 amide bonds. The molecule has 0 aromatic heterocycles. The number of aliphatic imine (C=N–C) groups is 1. The summed E-state index contributed by atoms with van der Waals surface area (Å²) in [5.41, 5.74) is 10.5. The average Bonchev–Trinajstić information content (AvgIpc) is 2.81. The molecular weight excluding hydrogens is 340 g/mol. The van der Waals surface area contributed by atoms with Crippen molar-refractivity contribution in [2.24, 2.45) is 10.7 Å². The van der Waals surface area contributed by atoms with Gasteiger partial charge in [-0.2, -0.15) is 0 Å². The van der Waals surface area contributed by atoms with Crippen molar-refractivity contribution in [3.05, 3.63) is 64.7 Å². The van der Waals surface area contributed by atoms with Crippen LogP contribution in [-0.4, -0.2) is 29.4 Å². The lowest BCUT2D eigenvalue weighted by Crippen LogP contribution is -2.21. The molecule has 5 nitrogen and oxygen atoms in total. The van der Waals surface area contributed by atoms with Crippen molar-refractivity contribution in [1.29, 1.82) is 0 Å². The van der Waals surface area contributed by atoms with Crippen LogP contribution >= 0.6 is 0 Å². The number of hydrogen-bond acceptors (Lipinski definition) is 4. The maximum Gasteiger partial charge on any atom is 0.307 e. The number of carboxylic acids is 1. The Morgan fingerprint density at radius 1 is 1.26 bits per heavy atom. The van der Waals surface area contributed by atoms with Crippen LogP contribution in [-0.2, 0) is 17.8 Å². The molecule has 27 heavy (non-hydrogen) atoms. The van der Waals surface area contributed by atoms with Crippen LogP contribution in [0.25, 0.3) is 0 Å². The van der Waals surface area contributed by atoms with Crippen LogP contribution in [0.5, 0.6) is 5.75 Å². The summed E-state index contributed by atoms with van der Waals surface area (Å²) in [5, 5.41) is 9.15. The summed E-state index contributed by atoms with van der Waals surface area (Å²) in [6.45, 7) is 3.10. The third kappa shape index (κ3) is 4.55. The summed E-state index contributed by atoms with van der Waals surface area (Å²) in [6.07, 6.45) is 3.07. The minimum atomic E-state index is -0.855. The Bertz CT molecular complexity index is 845. The standard InChI is InChI=1S/C22H26N2O3/c1-2-3-7-17(13-23)24-22-18-8-5-4-6-16(18)14-27-20-10-9-15(11-19(20)22)12-21(25)26/h4-6,8-11,17H,2-3,7,12-14,23H2,1H3,(H,25,26). The normalized spacial score (nSPS) is 15.4. The predicted octanol–water partition coefficient (Wildman–Crippen LogP) is 3.56. The quantitative estimate of drug-likeness (QED) is 0.785. The molecule has 3 N–H and O–H groups in total. The molecule has 2 aromatic rings. The molecule has 1 atom stereocenters. The second-order valence-electron chi connectivity index (χ2n) is 6.86. The topological polar surface area (TPSA) is 84.9 Å². The number of carbonyl (C=O) groups is 1. The Kier molecular flexibility index (Phi) is 6.24. The molecule has 0 saturated heterocycles. The molecule has 3 rings (SSSR count). The molecule has 1 unspecified atom stereocenters. The number of nitrogens with two attached hydrogens (primary N) is 1. The molecular formula is C22H26N2O3. The van der Waals surface area contributed by atoms with Crippen molar-refractivity contribution in [3.63, 3.8) is 0 Å². The van der Waals surface area contributed by atoms with Crippen LogP contribution in [0.4, 0.5) is 0 Å². The lowest BCUT2D eigenvalue weighted by molar-refractivity contribution is -0.136. The second-order valence-corrected chi connectivity index (χ2v) is 6.86. The first kappa shape index (κ1) is 19.1. The Morgan fingerprint density at radius 3 is 2.81 bits per heavy atom. The Morgan fingerprint density at radius 2 is 2.07 bits per heavy atom. The largest absolute Gasteiger partial charge is 0.488 e. The van der Waals surface area contributed by atoms with E-state index in [1.54, 1.807) is 6.07 Å². The van der Waals surface area contributed by atoms with E-state index in [0.29, 0.717) is 13.2 Å². The van der Waals surface area contributed by atoms with Crippen LogP contribution in [0.15, 0.2) is 47.5 Å². The molecule has 0 saturated carbocycles. The minimum Gasteiger partial charge on any atom is -0.488 e. The molecule has 1 aliphatic heterocycles. The zero-order chi connectivity index (χ0) is 19.2. The number of aliphatic carboxylic acids is 1. The number of rotatable bonds is 7. The highest BCUT2D eigenvalue weighted by atomic mass is 16.5. The van der Waals surface area contributed by atoms with Crippen LogP contribution in [0.1, 0.15) is 48.4 Å². The molecule has 0 bridgehead atoms. The van der Waals surface area contributed by atoms with Crippen LogP contribution in [0.2, 0.25) is 0 Å². The number of benzene rings is 2. The van der Waals surface area contributed by atoms with Crippen molar-refractivity contribution >= 4 is 11.7 Å². The first-order chi connectivity index (χ1) is 13.1. The summed E-state index contributed by atoms with van der Waals surface area (Å²) in [6, 6.07) is 13.6. The SMILES string of the molecule is CCCCC(CN)N=C1c2ccccc2COc2ccc(CC(=O)O)cc21. The summed E-state index contributed by atoms with van der Waals surface area (Å²) in [7, 11) is 0. The van der Waals surface area contributed by atoms with E-state index in [-0.39, 0.29) is 12.5 Å². The number of unbranched alkanes of at least 4 members (excludes halogenated alkanes) is 1. The van der Waals surface area contributed by atoms with Gasteiger partial charge in [0, 0.05) is 17.7 Å². The van der Waals surface area contributed by atoms with E-state index < -0.39 is 5.97 Å². The van der Waals surface area contributed by atoms with Gasteiger partial charge in [0.15, 0.2) is 0 Å². The van der Waals surface area contributed by atoms with Crippen LogP contribution in [0.3, 0.4) is 0 Å². The van der Waals surface area contributed by atoms with Gasteiger partial charge in [0.05, 0.1) is 18.2 Å². The van der Waals surface area contributed by atoms with Gasteiger partial charge in [0.1, 0.15) is 12.4 Å². The molecule has 0 aliphatic carbocycles. The highest BCUT2D eigenvalue weighted by molar-refractivity contribution is 6.15. The van der Waals surface area contributed by atoms with Gasteiger partial charge >= 0.3 is 5.97 Å². The van der Waals surface area contributed by atoms with Crippen molar-refractivity contribution in [1.82, 2.24) is 0 Å². The lowest BCUT2D eigenvalue weighted by Gasteiger charge is -2.15. The monoisotopic (exact) mass is 366 g/mol. The number of carboxylic acid groups (broad SMARTS) is 1. The maximum absolute atomic E-state index is 11.1. The predicted molar refractivity (Wildman–Crippen MR) is 107 cm³/mol. The lowest BCUT2D eigenvalue weighted by atomic mass is 9.95. The van der Waals surface area contributed by atoms with Crippen molar-refractivity contribution < 1.29 is 14.6 Å². The van der Waals surface area contributed by atoms with Gasteiger partial charge in [-0.15, -0.1) is 0 Å². The summed E-state index contributed by atoms with van der Waals surface area (Å²) >= 11 is 0. The van der Waals surface area contributed by atoms with Gasteiger partial charge in [-0.25, -0.2) is 0 Å². The number of ether oxygens (including phenoxy) is 1. The number of fused-ring (bicyclic) bond motifs is 2. The molecule has 2 aromatic carbocycles. The summed E-state index contributed by atoms with van der Waals surface area (Å²) in [4.78, 5) is 16.2. The van der Waals surface area contributed by atoms with E-state index >= 15 is 0 Å².